The number of hydrogen-bond acceptors (Lipinski definition) is 2. The Kier molecular flexibility index (Phi) is 4.77. The zero-order valence-corrected chi connectivity index (χ0v) is 10.6. The molecule has 88 valence electrons. The Morgan fingerprint density at radius 1 is 1.44 bits per heavy atom. The van der Waals surface area contributed by atoms with E-state index in [9.17, 15) is 4.79 Å². The molecule has 0 saturated heterocycles. The van der Waals surface area contributed by atoms with E-state index < -0.39 is 0 Å². The van der Waals surface area contributed by atoms with Crippen molar-refractivity contribution in [1.29, 1.82) is 0 Å². The quantitative estimate of drug-likeness (QED) is 0.850. The first kappa shape index (κ1) is 13.0. The molecule has 16 heavy (non-hydrogen) atoms. The van der Waals surface area contributed by atoms with Crippen molar-refractivity contribution in [1.82, 2.24) is 5.32 Å². The van der Waals surface area contributed by atoms with E-state index in [1.54, 1.807) is 0 Å². The smallest absolute Gasteiger partial charge is 0.238 e. The number of carbonyl (C=O) groups is 1. The second-order valence-electron chi connectivity index (χ2n) is 4.07. The fourth-order valence-electron chi connectivity index (χ4n) is 1.21. The van der Waals surface area contributed by atoms with Crippen LogP contribution < -0.4 is 10.6 Å². The lowest BCUT2D eigenvalue weighted by molar-refractivity contribution is -0.115. The van der Waals surface area contributed by atoms with Gasteiger partial charge in [0.2, 0.25) is 5.91 Å². The van der Waals surface area contributed by atoms with Gasteiger partial charge in [0.1, 0.15) is 0 Å². The van der Waals surface area contributed by atoms with Crippen LogP contribution in [0.5, 0.6) is 0 Å². The number of anilines is 1. The Morgan fingerprint density at radius 3 is 2.69 bits per heavy atom. The highest BCUT2D eigenvalue weighted by molar-refractivity contribution is 6.33. The third kappa shape index (κ3) is 4.21. The van der Waals surface area contributed by atoms with Crippen LogP contribution >= 0.6 is 11.6 Å². The summed E-state index contributed by atoms with van der Waals surface area (Å²) < 4.78 is 0. The number of carbonyl (C=O) groups excluding carboxylic acids is 1. The van der Waals surface area contributed by atoms with E-state index in [2.05, 4.69) is 10.6 Å². The molecule has 0 bridgehead atoms. The number of rotatable bonds is 4. The van der Waals surface area contributed by atoms with Gasteiger partial charge in [0, 0.05) is 6.04 Å². The summed E-state index contributed by atoms with van der Waals surface area (Å²) in [6.45, 7) is 6.23. The summed E-state index contributed by atoms with van der Waals surface area (Å²) >= 11 is 6.00. The van der Waals surface area contributed by atoms with Gasteiger partial charge >= 0.3 is 0 Å². The molecule has 0 fully saturated rings. The SMILES string of the molecule is Cc1ccc(NC(=O)CNC(C)C)c(Cl)c1. The molecule has 0 radical (unpaired) electrons. The Balaban J connectivity index is 2.56. The minimum absolute atomic E-state index is 0.0838. The van der Waals surface area contributed by atoms with Gasteiger partial charge in [0.25, 0.3) is 0 Å². The van der Waals surface area contributed by atoms with E-state index >= 15 is 0 Å². The van der Waals surface area contributed by atoms with E-state index in [4.69, 9.17) is 11.6 Å². The number of halogens is 1. The summed E-state index contributed by atoms with van der Waals surface area (Å²) in [6.07, 6.45) is 0. The molecule has 1 aromatic carbocycles. The van der Waals surface area contributed by atoms with Gasteiger partial charge in [-0.3, -0.25) is 4.79 Å². The van der Waals surface area contributed by atoms with Gasteiger partial charge in [0.05, 0.1) is 17.3 Å². The average Bonchev–Trinajstić information content (AvgIpc) is 2.19. The number of nitrogens with one attached hydrogen (secondary N) is 2. The highest BCUT2D eigenvalue weighted by Gasteiger charge is 2.06. The molecular weight excluding hydrogens is 224 g/mol. The molecule has 0 aliphatic heterocycles. The van der Waals surface area contributed by atoms with Gasteiger partial charge in [-0.2, -0.15) is 0 Å². The monoisotopic (exact) mass is 240 g/mol. The minimum Gasteiger partial charge on any atom is -0.324 e. The molecule has 0 aliphatic rings. The maximum atomic E-state index is 11.5. The van der Waals surface area contributed by atoms with E-state index in [1.807, 2.05) is 39.0 Å². The van der Waals surface area contributed by atoms with Gasteiger partial charge in [0.15, 0.2) is 0 Å². The van der Waals surface area contributed by atoms with Crippen molar-refractivity contribution < 1.29 is 4.79 Å². The predicted molar refractivity (Wildman–Crippen MR) is 68.0 cm³/mol. The van der Waals surface area contributed by atoms with Gasteiger partial charge in [-0.05, 0) is 24.6 Å². The molecule has 0 aromatic heterocycles. The maximum absolute atomic E-state index is 11.5. The summed E-state index contributed by atoms with van der Waals surface area (Å²) in [5.41, 5.74) is 1.73. The third-order valence-electron chi connectivity index (χ3n) is 2.07. The molecule has 1 rings (SSSR count). The van der Waals surface area contributed by atoms with Crippen LogP contribution in [-0.2, 0) is 4.79 Å². The van der Waals surface area contributed by atoms with E-state index in [0.717, 1.165) is 5.56 Å². The molecule has 3 nitrogen and oxygen atoms in total. The Bertz CT molecular complexity index is 377. The molecule has 0 unspecified atom stereocenters. The largest absolute Gasteiger partial charge is 0.324 e. The van der Waals surface area contributed by atoms with Crippen LogP contribution in [0.4, 0.5) is 5.69 Å². The average molecular weight is 241 g/mol. The van der Waals surface area contributed by atoms with Crippen molar-refractivity contribution in [3.63, 3.8) is 0 Å². The van der Waals surface area contributed by atoms with Crippen molar-refractivity contribution in [3.05, 3.63) is 28.8 Å². The lowest BCUT2D eigenvalue weighted by Gasteiger charge is -2.10. The number of benzene rings is 1. The summed E-state index contributed by atoms with van der Waals surface area (Å²) in [4.78, 5) is 11.5. The van der Waals surface area contributed by atoms with E-state index in [1.165, 1.54) is 0 Å². The fourth-order valence-corrected chi connectivity index (χ4v) is 1.50. The molecule has 0 saturated carbocycles. The first-order valence-electron chi connectivity index (χ1n) is 5.28. The van der Waals surface area contributed by atoms with Crippen LogP contribution in [0.1, 0.15) is 19.4 Å². The molecule has 2 N–H and O–H groups in total. The summed E-state index contributed by atoms with van der Waals surface area (Å²) in [7, 11) is 0. The molecule has 0 aliphatic carbocycles. The standard InChI is InChI=1S/C12H17ClN2O/c1-8(2)14-7-12(16)15-11-5-4-9(3)6-10(11)13/h4-6,8,14H,7H2,1-3H3,(H,15,16). The van der Waals surface area contributed by atoms with Gasteiger partial charge in [-0.15, -0.1) is 0 Å². The molecular formula is C12H17ClN2O. The highest BCUT2D eigenvalue weighted by Crippen LogP contribution is 2.22. The molecule has 1 aromatic rings. The fraction of sp³-hybridized carbons (Fsp3) is 0.417. The van der Waals surface area contributed by atoms with Crippen LogP contribution in [0.25, 0.3) is 0 Å². The van der Waals surface area contributed by atoms with Crippen LogP contribution in [0.3, 0.4) is 0 Å². The highest BCUT2D eigenvalue weighted by atomic mass is 35.5. The van der Waals surface area contributed by atoms with Gasteiger partial charge < -0.3 is 10.6 Å². The van der Waals surface area contributed by atoms with E-state index in [0.29, 0.717) is 23.3 Å². The van der Waals surface area contributed by atoms with Crippen LogP contribution in [-0.4, -0.2) is 18.5 Å². The molecule has 1 amide bonds. The lowest BCUT2D eigenvalue weighted by atomic mass is 10.2. The topological polar surface area (TPSA) is 41.1 Å². The number of aryl methyl sites for hydroxylation is 1. The first-order valence-corrected chi connectivity index (χ1v) is 5.66. The Labute approximate surface area is 101 Å². The summed E-state index contributed by atoms with van der Waals surface area (Å²) in [6, 6.07) is 5.84. The van der Waals surface area contributed by atoms with Crippen LogP contribution in [0.2, 0.25) is 5.02 Å². The normalized spacial score (nSPS) is 10.6. The molecule has 4 heteroatoms. The third-order valence-corrected chi connectivity index (χ3v) is 2.38. The maximum Gasteiger partial charge on any atom is 0.238 e. The van der Waals surface area contributed by atoms with Gasteiger partial charge in [-0.1, -0.05) is 31.5 Å². The summed E-state index contributed by atoms with van der Waals surface area (Å²) in [5, 5.41) is 6.37. The number of amides is 1. The van der Waals surface area contributed by atoms with Crippen LogP contribution in [0.15, 0.2) is 18.2 Å². The van der Waals surface area contributed by atoms with E-state index in [-0.39, 0.29) is 5.91 Å². The first-order chi connectivity index (χ1) is 7.49. The molecule has 0 spiro atoms. The Morgan fingerprint density at radius 2 is 2.12 bits per heavy atom. The lowest BCUT2D eigenvalue weighted by Crippen LogP contribution is -2.32. The second-order valence-corrected chi connectivity index (χ2v) is 4.47. The molecule has 0 atom stereocenters. The number of hydrogen-bond donors (Lipinski definition) is 2. The second kappa shape index (κ2) is 5.87. The predicted octanol–water partition coefficient (Wildman–Crippen LogP) is 2.58. The minimum atomic E-state index is -0.0838. The zero-order valence-electron chi connectivity index (χ0n) is 9.80. The van der Waals surface area contributed by atoms with Crippen molar-refractivity contribution in [2.45, 2.75) is 26.8 Å². The Hall–Kier alpha value is -1.06. The van der Waals surface area contributed by atoms with Crippen molar-refractivity contribution >= 4 is 23.2 Å². The van der Waals surface area contributed by atoms with Crippen molar-refractivity contribution in [2.24, 2.45) is 0 Å². The molecule has 0 heterocycles. The van der Waals surface area contributed by atoms with Crippen molar-refractivity contribution in [2.75, 3.05) is 11.9 Å². The zero-order chi connectivity index (χ0) is 12.1. The van der Waals surface area contributed by atoms with Gasteiger partial charge in [-0.25, -0.2) is 0 Å². The van der Waals surface area contributed by atoms with Crippen LogP contribution in [0, 0.1) is 6.92 Å². The summed E-state index contributed by atoms with van der Waals surface area (Å²) in [5.74, 6) is -0.0838. The van der Waals surface area contributed by atoms with Crippen molar-refractivity contribution in [3.8, 4) is 0 Å².